The van der Waals surface area contributed by atoms with Crippen LogP contribution in [0.5, 0.6) is 5.75 Å². The molecule has 0 saturated carbocycles. The van der Waals surface area contributed by atoms with E-state index in [4.69, 9.17) is 28.4 Å². The van der Waals surface area contributed by atoms with Crippen LogP contribution in [0.1, 0.15) is 141 Å². The minimum atomic E-state index is -1.13. The van der Waals surface area contributed by atoms with Crippen LogP contribution in [0.4, 0.5) is 5.69 Å². The number of anilines is 1. The first-order chi connectivity index (χ1) is 42.0. The summed E-state index contributed by atoms with van der Waals surface area (Å²) in [6.07, 6.45) is -1.10. The molecular formula is C63H94N8O17S. The summed E-state index contributed by atoms with van der Waals surface area (Å²) in [6.45, 7) is 21.1. The van der Waals surface area contributed by atoms with Gasteiger partial charge >= 0.3 is 17.9 Å². The Morgan fingerprint density at radius 3 is 2.09 bits per heavy atom. The number of carbonyl (C=O) groups excluding carboxylic acids is 9. The van der Waals surface area contributed by atoms with Crippen molar-refractivity contribution in [2.75, 3.05) is 92.4 Å². The Labute approximate surface area is 527 Å². The summed E-state index contributed by atoms with van der Waals surface area (Å²) in [5, 5.41) is 25.6. The van der Waals surface area contributed by atoms with Crippen LogP contribution in [0, 0.1) is 35.5 Å². The third-order valence-electron chi connectivity index (χ3n) is 15.3. The number of Topliss-reactive ketones (excluding diaryl/α,β-unsaturated/α-hetero) is 2. The second-order valence-corrected chi connectivity index (χ2v) is 23.9. The van der Waals surface area contributed by atoms with Gasteiger partial charge in [0.15, 0.2) is 23.4 Å². The van der Waals surface area contributed by atoms with Crippen molar-refractivity contribution in [3.05, 3.63) is 52.1 Å². The largest absolute Gasteiger partial charge is 0.481 e. The molecule has 1 aromatic carbocycles. The molecule has 494 valence electrons. The number of carboxylic acids is 1. The Kier molecular flexibility index (Phi) is 33.4. The standard InChI is InChI=1S/C63H94N8O17S/c1-14-40(4)47(36-54(74)63(9,10)70(11)12)61(80)71(13)50(39(2)3)37-53(87-44(8)72)60-69-49(38-89-60)59(79)67-46(33-41(5)62(81)82)34-45-16-18-52-48(35-45)68-56(76)20-17-51(73)43(7)66-57(77)21-25-83-29-31-85-27-23-64-42(6)15-19-55(75)65-24-28-86-32-30-84-26-22-58(78)88-52/h16,18,35,38-41,43,46-47,50,53,64H,6,14,17,20-34,36-37H2,1-5,7-13H3,(H,65,75)(H,66,77)(H,67,79)(H,68,76)(H,81,82)/t40-,41?,43?,46+,47-,50+,53+/m0/s1. The Bertz CT molecular complexity index is 2790. The maximum absolute atomic E-state index is 14.5. The van der Waals surface area contributed by atoms with Gasteiger partial charge in [-0.1, -0.05) is 53.7 Å². The van der Waals surface area contributed by atoms with E-state index >= 15 is 0 Å². The summed E-state index contributed by atoms with van der Waals surface area (Å²) in [5.41, 5.74) is -0.0529. The lowest BCUT2D eigenvalue weighted by Gasteiger charge is -2.38. The fourth-order valence-corrected chi connectivity index (χ4v) is 9.90. The van der Waals surface area contributed by atoms with Crippen LogP contribution >= 0.6 is 11.3 Å². The van der Waals surface area contributed by atoms with Gasteiger partial charge in [0.2, 0.25) is 17.7 Å². The van der Waals surface area contributed by atoms with Crippen molar-refractivity contribution in [2.45, 2.75) is 150 Å². The average Bonchev–Trinajstić information content (AvgIpc) is 2.51. The number of ether oxygens (including phenoxy) is 6. The van der Waals surface area contributed by atoms with E-state index in [1.54, 1.807) is 18.0 Å². The van der Waals surface area contributed by atoms with Crippen molar-refractivity contribution in [1.82, 2.24) is 36.1 Å². The zero-order valence-electron chi connectivity index (χ0n) is 53.8. The molecule has 7 atom stereocenters. The number of carboxylic acid groups (broad SMARTS) is 1. The molecule has 0 aliphatic carbocycles. The molecule has 89 heavy (non-hydrogen) atoms. The number of aliphatic carboxylic acids is 1. The maximum atomic E-state index is 14.5. The Morgan fingerprint density at radius 2 is 1.48 bits per heavy atom. The molecule has 3 rings (SSSR count). The predicted octanol–water partition coefficient (Wildman–Crippen LogP) is 4.82. The number of hydrogen-bond acceptors (Lipinski definition) is 20. The van der Waals surface area contributed by atoms with E-state index in [0.29, 0.717) is 30.8 Å². The van der Waals surface area contributed by atoms with Gasteiger partial charge in [0.1, 0.15) is 10.7 Å². The predicted molar refractivity (Wildman–Crippen MR) is 332 cm³/mol. The number of fused-ring (bicyclic) bond motifs is 1. The zero-order valence-corrected chi connectivity index (χ0v) is 54.6. The number of ketones is 2. The second kappa shape index (κ2) is 39.1. The van der Waals surface area contributed by atoms with Gasteiger partial charge in [-0.25, -0.2) is 4.98 Å². The lowest BCUT2D eigenvalue weighted by molar-refractivity contribution is -0.150. The molecule has 2 unspecified atom stereocenters. The van der Waals surface area contributed by atoms with Crippen molar-refractivity contribution in [1.29, 1.82) is 0 Å². The van der Waals surface area contributed by atoms with E-state index in [2.05, 4.69) is 50.0 Å². The Morgan fingerprint density at radius 1 is 0.854 bits per heavy atom. The van der Waals surface area contributed by atoms with Gasteiger partial charge in [0.25, 0.3) is 11.8 Å². The molecule has 0 bridgehead atoms. The lowest BCUT2D eigenvalue weighted by atomic mass is 9.81. The molecule has 1 aliphatic heterocycles. The van der Waals surface area contributed by atoms with E-state index < -0.39 is 88.9 Å². The highest BCUT2D eigenvalue weighted by atomic mass is 32.1. The summed E-state index contributed by atoms with van der Waals surface area (Å²) < 4.78 is 33.6. The molecule has 26 heteroatoms. The number of nitrogens with one attached hydrogen (secondary N) is 5. The second-order valence-electron chi connectivity index (χ2n) is 23.1. The molecule has 0 radical (unpaired) electrons. The number of rotatable bonds is 20. The van der Waals surface area contributed by atoms with Crippen LogP contribution in [-0.2, 0) is 73.3 Å². The lowest BCUT2D eigenvalue weighted by Crippen LogP contribution is -2.50. The molecule has 0 saturated heterocycles. The molecule has 2 aromatic rings. The van der Waals surface area contributed by atoms with E-state index in [0.717, 1.165) is 11.3 Å². The number of hydrogen-bond donors (Lipinski definition) is 6. The van der Waals surface area contributed by atoms with E-state index in [1.165, 1.54) is 38.3 Å². The number of aromatic nitrogens is 1. The van der Waals surface area contributed by atoms with Gasteiger partial charge in [-0.15, -0.1) is 11.3 Å². The number of esters is 2. The van der Waals surface area contributed by atoms with Crippen LogP contribution < -0.4 is 31.3 Å². The molecule has 1 aromatic heterocycles. The van der Waals surface area contributed by atoms with Gasteiger partial charge < -0.3 is 65.0 Å². The molecule has 1 aliphatic rings. The highest BCUT2D eigenvalue weighted by molar-refractivity contribution is 7.09. The van der Waals surface area contributed by atoms with Crippen molar-refractivity contribution >= 4 is 76.0 Å². The van der Waals surface area contributed by atoms with Crippen molar-refractivity contribution < 1.29 is 81.5 Å². The topological polar surface area (TPSA) is 326 Å². The first-order valence-corrected chi connectivity index (χ1v) is 31.0. The third-order valence-corrected chi connectivity index (χ3v) is 16.2. The van der Waals surface area contributed by atoms with Crippen LogP contribution in [0.15, 0.2) is 35.9 Å². The van der Waals surface area contributed by atoms with Crippen LogP contribution in [0.2, 0.25) is 0 Å². The summed E-state index contributed by atoms with van der Waals surface area (Å²) in [4.78, 5) is 140. The van der Waals surface area contributed by atoms with Crippen LogP contribution in [-0.4, -0.2) is 190 Å². The third kappa shape index (κ3) is 27.6. The molecular weight excluding hydrogens is 1170 g/mol. The summed E-state index contributed by atoms with van der Waals surface area (Å²) >= 11 is 1.07. The normalized spacial score (nSPS) is 18.7. The summed E-state index contributed by atoms with van der Waals surface area (Å²) in [6, 6.07) is 2.20. The van der Waals surface area contributed by atoms with Crippen molar-refractivity contribution in [2.24, 2.45) is 23.7 Å². The summed E-state index contributed by atoms with van der Waals surface area (Å²) in [7, 11) is 5.32. The number of nitrogens with zero attached hydrogens (tertiary/aromatic N) is 3. The molecule has 0 fully saturated rings. The van der Waals surface area contributed by atoms with E-state index in [1.807, 2.05) is 60.5 Å². The fraction of sp³-hybridized carbons (Fsp3) is 0.635. The minimum absolute atomic E-state index is 0.00139. The quantitative estimate of drug-likeness (QED) is 0.0588. The SMILES string of the molecule is C=C1C#CC(=O)NCCOCCOCCC(=O)Oc2ccc(C[C@@H](CC(C)C(=O)O)NC(=O)c3csc([C@@H](C[C@H](C(C)C)N(C)C(=O)[C@@H](CC(=O)C(C)(C)N(C)C)[C@@H](C)CC)OC(C)=O)n3)cc2NC(=O)CCC(=O)C(C)NC(=O)CCOCCOCCN1. The Balaban J connectivity index is 1.88. The zero-order chi connectivity index (χ0) is 66.4. The van der Waals surface area contributed by atoms with Gasteiger partial charge in [-0.05, 0) is 83.2 Å². The number of likely N-dealkylation sites (N-methyl/N-ethyl adjacent to an activating group) is 1. The van der Waals surface area contributed by atoms with Gasteiger partial charge in [-0.2, -0.15) is 0 Å². The summed E-state index contributed by atoms with van der Waals surface area (Å²) in [5.74, 6) is -2.35. The highest BCUT2D eigenvalue weighted by Gasteiger charge is 2.39. The van der Waals surface area contributed by atoms with Crippen LogP contribution in [0.3, 0.4) is 0 Å². The van der Waals surface area contributed by atoms with Crippen molar-refractivity contribution in [3.8, 4) is 17.6 Å². The average molecular weight is 1270 g/mol. The number of thiazole rings is 1. The first kappa shape index (κ1) is 76.1. The fourth-order valence-electron chi connectivity index (χ4n) is 9.06. The molecule has 0 spiro atoms. The number of allylic oxidation sites excluding steroid dienone is 1. The first-order valence-electron chi connectivity index (χ1n) is 30.2. The van der Waals surface area contributed by atoms with Gasteiger partial charge in [0.05, 0.1) is 88.2 Å². The maximum Gasteiger partial charge on any atom is 0.313 e. The number of benzene rings is 1. The van der Waals surface area contributed by atoms with Gasteiger partial charge in [0, 0.05) is 88.5 Å². The molecule has 5 amide bonds. The highest BCUT2D eigenvalue weighted by Crippen LogP contribution is 2.34. The monoisotopic (exact) mass is 1270 g/mol. The molecule has 6 N–H and O–H groups in total. The molecule has 25 nitrogen and oxygen atoms in total. The Hall–Kier alpha value is -7.15. The van der Waals surface area contributed by atoms with E-state index in [9.17, 15) is 53.1 Å². The minimum Gasteiger partial charge on any atom is -0.481 e. The number of amides is 5. The number of carbonyl (C=O) groups is 10. The van der Waals surface area contributed by atoms with Crippen molar-refractivity contribution in [3.63, 3.8) is 0 Å². The van der Waals surface area contributed by atoms with Crippen LogP contribution in [0.25, 0.3) is 0 Å². The smallest absolute Gasteiger partial charge is 0.313 e. The van der Waals surface area contributed by atoms with E-state index in [-0.39, 0.29) is 150 Å². The van der Waals surface area contributed by atoms with Gasteiger partial charge in [-0.3, -0.25) is 52.8 Å². The molecule has 2 heterocycles.